The third kappa shape index (κ3) is 5.03. The van der Waals surface area contributed by atoms with Gasteiger partial charge in [0.25, 0.3) is 0 Å². The maximum absolute atomic E-state index is 14.2. The van der Waals surface area contributed by atoms with Crippen molar-refractivity contribution in [1.82, 2.24) is 24.6 Å². The number of aromatic nitrogens is 3. The molecule has 3 saturated heterocycles. The van der Waals surface area contributed by atoms with Crippen molar-refractivity contribution in [3.8, 4) is 6.07 Å². The van der Waals surface area contributed by atoms with Crippen LogP contribution in [0.4, 0.5) is 24.7 Å². The standard InChI is InChI=1S/C28H35F3N8O/c1-5-25(40)38-12-10-36(11-13-38)23-17-39(19(23)3)22-14-24(34-27(21(22)15-32)28(29,30)31)37-8-6-20(7-9-37)26-18(2)16-33-35(26)4/h5,14,16,19-20,23H,1,6-13,17H2,2-4H3/t19-,23-/m0/s1. The fraction of sp³-hybridized carbons (Fsp3) is 0.571. The molecule has 3 fully saturated rings. The van der Waals surface area contributed by atoms with Gasteiger partial charge in [0.15, 0.2) is 5.69 Å². The number of hydrogen-bond donors (Lipinski definition) is 0. The van der Waals surface area contributed by atoms with E-state index in [9.17, 15) is 23.2 Å². The first-order valence-corrected chi connectivity index (χ1v) is 13.7. The van der Waals surface area contributed by atoms with E-state index in [0.29, 0.717) is 45.8 Å². The number of piperidine rings is 1. The molecule has 0 spiro atoms. The number of nitriles is 1. The summed E-state index contributed by atoms with van der Waals surface area (Å²) in [6, 6.07) is 3.50. The average molecular weight is 557 g/mol. The minimum Gasteiger partial charge on any atom is -0.364 e. The molecule has 3 aliphatic rings. The molecule has 12 heteroatoms. The van der Waals surface area contributed by atoms with Crippen LogP contribution >= 0.6 is 0 Å². The number of nitrogens with zero attached hydrogens (tertiary/aromatic N) is 8. The third-order valence-electron chi connectivity index (χ3n) is 8.76. The van der Waals surface area contributed by atoms with Crippen LogP contribution in [0.2, 0.25) is 0 Å². The van der Waals surface area contributed by atoms with E-state index in [2.05, 4.69) is 21.6 Å². The first kappa shape index (κ1) is 28.0. The largest absolute Gasteiger partial charge is 0.434 e. The lowest BCUT2D eigenvalue weighted by Gasteiger charge is -2.54. The highest BCUT2D eigenvalue weighted by atomic mass is 19.4. The fourth-order valence-electron chi connectivity index (χ4n) is 6.48. The Hall–Kier alpha value is -3.59. The minimum atomic E-state index is -4.75. The Bertz CT molecular complexity index is 1300. The van der Waals surface area contributed by atoms with E-state index in [1.165, 1.54) is 11.8 Å². The number of carbonyl (C=O) groups excluding carboxylic acids is 1. The second kappa shape index (κ2) is 10.8. The molecule has 5 heterocycles. The molecule has 9 nitrogen and oxygen atoms in total. The van der Waals surface area contributed by atoms with Gasteiger partial charge in [-0.25, -0.2) is 4.98 Å². The zero-order chi connectivity index (χ0) is 28.8. The van der Waals surface area contributed by atoms with Crippen LogP contribution in [0.3, 0.4) is 0 Å². The molecular weight excluding hydrogens is 521 g/mol. The number of pyridine rings is 1. The fourth-order valence-corrected chi connectivity index (χ4v) is 6.48. The van der Waals surface area contributed by atoms with E-state index in [4.69, 9.17) is 0 Å². The summed E-state index contributed by atoms with van der Waals surface area (Å²) in [5.41, 5.74) is 1.02. The Morgan fingerprint density at radius 3 is 2.38 bits per heavy atom. The Morgan fingerprint density at radius 2 is 1.85 bits per heavy atom. The molecule has 0 aromatic carbocycles. The molecule has 2 aromatic rings. The predicted octanol–water partition coefficient (Wildman–Crippen LogP) is 3.31. The van der Waals surface area contributed by atoms with Gasteiger partial charge in [-0.2, -0.15) is 23.5 Å². The van der Waals surface area contributed by atoms with Gasteiger partial charge in [0.1, 0.15) is 17.5 Å². The van der Waals surface area contributed by atoms with E-state index in [-0.39, 0.29) is 35.4 Å². The number of alkyl halides is 3. The highest BCUT2D eigenvalue weighted by Gasteiger charge is 2.45. The molecule has 0 N–H and O–H groups in total. The van der Waals surface area contributed by atoms with Gasteiger partial charge in [-0.05, 0) is 38.3 Å². The first-order valence-electron chi connectivity index (χ1n) is 13.7. The maximum atomic E-state index is 14.2. The molecule has 2 aromatic heterocycles. The molecule has 2 atom stereocenters. The number of anilines is 2. The second-order valence-corrected chi connectivity index (χ2v) is 11.0. The topological polar surface area (TPSA) is 84.5 Å². The number of amides is 1. The molecule has 5 rings (SSSR count). The van der Waals surface area contributed by atoms with Crippen LogP contribution in [0, 0.1) is 18.3 Å². The van der Waals surface area contributed by atoms with Crippen LogP contribution in [0.25, 0.3) is 0 Å². The summed E-state index contributed by atoms with van der Waals surface area (Å²) in [4.78, 5) is 23.8. The van der Waals surface area contributed by atoms with Crippen molar-refractivity contribution in [2.24, 2.45) is 7.05 Å². The SMILES string of the molecule is C=CC(=O)N1CCN([C@H]2CN(c3cc(N4CCC(c5c(C)cnn5C)CC4)nc(C(F)(F)F)c3C#N)[C@H]2C)CC1. The van der Waals surface area contributed by atoms with Crippen molar-refractivity contribution in [2.75, 3.05) is 55.6 Å². The molecule has 3 aliphatic heterocycles. The molecule has 0 unspecified atom stereocenters. The number of hydrogen-bond acceptors (Lipinski definition) is 7. The van der Waals surface area contributed by atoms with Crippen LogP contribution in [0.1, 0.15) is 48.2 Å². The number of aryl methyl sites for hydroxylation is 2. The van der Waals surface area contributed by atoms with Crippen molar-refractivity contribution in [2.45, 2.75) is 50.9 Å². The van der Waals surface area contributed by atoms with Gasteiger partial charge in [-0.3, -0.25) is 14.4 Å². The van der Waals surface area contributed by atoms with Crippen LogP contribution in [-0.2, 0) is 18.0 Å². The van der Waals surface area contributed by atoms with Gasteiger partial charge in [-0.1, -0.05) is 6.58 Å². The Balaban J connectivity index is 1.36. The van der Waals surface area contributed by atoms with Gasteiger partial charge >= 0.3 is 6.18 Å². The van der Waals surface area contributed by atoms with Crippen LogP contribution in [0.15, 0.2) is 24.9 Å². The van der Waals surface area contributed by atoms with Gasteiger partial charge in [-0.15, -0.1) is 0 Å². The average Bonchev–Trinajstić information content (AvgIpc) is 3.28. The zero-order valence-electron chi connectivity index (χ0n) is 23.2. The molecule has 1 amide bonds. The van der Waals surface area contributed by atoms with Gasteiger partial charge in [0, 0.05) is 82.6 Å². The Morgan fingerprint density at radius 1 is 1.18 bits per heavy atom. The molecule has 214 valence electrons. The molecular formula is C28H35F3N8O. The van der Waals surface area contributed by atoms with E-state index in [0.717, 1.165) is 18.4 Å². The lowest BCUT2D eigenvalue weighted by molar-refractivity contribution is -0.141. The number of rotatable bonds is 5. The van der Waals surface area contributed by atoms with Crippen molar-refractivity contribution in [1.29, 1.82) is 5.26 Å². The normalized spacial score (nSPS) is 22.7. The van der Waals surface area contributed by atoms with Crippen molar-refractivity contribution < 1.29 is 18.0 Å². The van der Waals surface area contributed by atoms with E-state index in [1.807, 2.05) is 47.6 Å². The minimum absolute atomic E-state index is 0.0925. The summed E-state index contributed by atoms with van der Waals surface area (Å²) in [6.07, 6.45) is -0.0353. The molecule has 0 aliphatic carbocycles. The van der Waals surface area contributed by atoms with Gasteiger partial charge in [0.2, 0.25) is 5.91 Å². The highest BCUT2D eigenvalue weighted by molar-refractivity contribution is 5.87. The molecule has 0 radical (unpaired) electrons. The smallest absolute Gasteiger partial charge is 0.364 e. The summed E-state index contributed by atoms with van der Waals surface area (Å²) < 4.78 is 44.4. The molecule has 0 saturated carbocycles. The van der Waals surface area contributed by atoms with Crippen LogP contribution in [0.5, 0.6) is 0 Å². The number of halogens is 3. The number of piperazine rings is 1. The predicted molar refractivity (Wildman–Crippen MR) is 145 cm³/mol. The summed E-state index contributed by atoms with van der Waals surface area (Å²) in [5, 5.41) is 14.2. The highest BCUT2D eigenvalue weighted by Crippen LogP contribution is 2.41. The van der Waals surface area contributed by atoms with Crippen LogP contribution in [-0.4, -0.2) is 88.4 Å². The lowest BCUT2D eigenvalue weighted by atomic mass is 9.91. The Kier molecular flexibility index (Phi) is 7.52. The van der Waals surface area contributed by atoms with Crippen LogP contribution < -0.4 is 9.80 Å². The van der Waals surface area contributed by atoms with E-state index >= 15 is 0 Å². The quantitative estimate of drug-likeness (QED) is 0.523. The van der Waals surface area contributed by atoms with Crippen molar-refractivity contribution in [3.05, 3.63) is 47.4 Å². The van der Waals surface area contributed by atoms with Gasteiger partial charge < -0.3 is 14.7 Å². The van der Waals surface area contributed by atoms with E-state index in [1.54, 1.807) is 11.0 Å². The number of carbonyl (C=O) groups is 1. The Labute approximate surface area is 232 Å². The second-order valence-electron chi connectivity index (χ2n) is 11.0. The van der Waals surface area contributed by atoms with Crippen molar-refractivity contribution >= 4 is 17.4 Å². The summed E-state index contributed by atoms with van der Waals surface area (Å²) >= 11 is 0. The first-order chi connectivity index (χ1) is 19.0. The van der Waals surface area contributed by atoms with E-state index < -0.39 is 17.4 Å². The monoisotopic (exact) mass is 556 g/mol. The van der Waals surface area contributed by atoms with Gasteiger partial charge in [0.05, 0.1) is 11.9 Å². The zero-order valence-corrected chi connectivity index (χ0v) is 23.2. The summed E-state index contributed by atoms with van der Waals surface area (Å²) in [6.45, 7) is 11.7. The third-order valence-corrected chi connectivity index (χ3v) is 8.76. The molecule has 40 heavy (non-hydrogen) atoms. The van der Waals surface area contributed by atoms with Crippen molar-refractivity contribution in [3.63, 3.8) is 0 Å². The lowest BCUT2D eigenvalue weighted by Crippen LogP contribution is -2.68. The summed E-state index contributed by atoms with van der Waals surface area (Å²) in [5.74, 6) is 0.445. The summed E-state index contributed by atoms with van der Waals surface area (Å²) in [7, 11) is 1.92. The molecule has 0 bridgehead atoms. The maximum Gasteiger partial charge on any atom is 0.434 e.